The highest BCUT2D eigenvalue weighted by molar-refractivity contribution is 7.99. The van der Waals surface area contributed by atoms with E-state index in [9.17, 15) is 0 Å². The first-order valence-corrected chi connectivity index (χ1v) is 6.24. The summed E-state index contributed by atoms with van der Waals surface area (Å²) in [7, 11) is 0. The molecule has 2 unspecified atom stereocenters. The number of nitrogens with two attached hydrogens (primary N) is 1. The van der Waals surface area contributed by atoms with Crippen LogP contribution in [-0.4, -0.2) is 21.3 Å². The fraction of sp³-hybridized carbons (Fsp3) is 0.727. The largest absolute Gasteiger partial charge is 0.340 e. The lowest BCUT2D eigenvalue weighted by atomic mass is 9.87. The van der Waals surface area contributed by atoms with Crippen LogP contribution in [0.2, 0.25) is 0 Å². The van der Waals surface area contributed by atoms with Crippen LogP contribution in [-0.2, 0) is 0 Å². The summed E-state index contributed by atoms with van der Waals surface area (Å²) in [5.74, 6) is 0. The molecule has 0 saturated carbocycles. The highest BCUT2D eigenvalue weighted by Crippen LogP contribution is 2.36. The topological polar surface area (TPSA) is 54.7 Å². The van der Waals surface area contributed by atoms with Gasteiger partial charge in [-0.1, -0.05) is 39.5 Å². The van der Waals surface area contributed by atoms with Gasteiger partial charge in [-0.15, -0.1) is 0 Å². The molecule has 0 aliphatic heterocycles. The number of aromatic amines is 1. The number of thioether (sulfide) groups is 1. The van der Waals surface area contributed by atoms with Gasteiger partial charge in [0.05, 0.1) is 0 Å². The smallest absolute Gasteiger partial charge is 0.165 e. The van der Waals surface area contributed by atoms with Crippen molar-refractivity contribution in [1.82, 2.24) is 9.97 Å². The van der Waals surface area contributed by atoms with Crippen molar-refractivity contribution >= 4 is 11.8 Å². The first-order valence-electron chi connectivity index (χ1n) is 5.36. The normalized spacial score (nSPS) is 16.3. The maximum atomic E-state index is 6.16. The van der Waals surface area contributed by atoms with Gasteiger partial charge < -0.3 is 10.7 Å². The van der Waals surface area contributed by atoms with Crippen molar-refractivity contribution < 1.29 is 0 Å². The first-order chi connectivity index (χ1) is 6.95. The monoisotopic (exact) mass is 227 g/mol. The molecule has 1 aromatic rings. The highest BCUT2D eigenvalue weighted by atomic mass is 32.2. The number of rotatable bonds is 4. The number of aromatic nitrogens is 2. The maximum Gasteiger partial charge on any atom is 0.165 e. The van der Waals surface area contributed by atoms with E-state index in [1.165, 1.54) is 0 Å². The lowest BCUT2D eigenvalue weighted by Crippen LogP contribution is -2.40. The molecule has 0 radical (unpaired) electrons. The van der Waals surface area contributed by atoms with E-state index >= 15 is 0 Å². The van der Waals surface area contributed by atoms with Crippen molar-refractivity contribution in [1.29, 1.82) is 0 Å². The standard InChI is InChI=1S/C11H21N3S/c1-5-8(12)9(11(2,3)4)15-10-13-6-7-14-10/h6-9H,5,12H2,1-4H3,(H,13,14). The van der Waals surface area contributed by atoms with Crippen molar-refractivity contribution in [3.63, 3.8) is 0 Å². The van der Waals surface area contributed by atoms with Gasteiger partial charge in [0.15, 0.2) is 5.16 Å². The van der Waals surface area contributed by atoms with Gasteiger partial charge in [0.1, 0.15) is 0 Å². The second-order valence-corrected chi connectivity index (χ2v) is 6.00. The number of nitrogens with one attached hydrogen (secondary N) is 1. The Hall–Kier alpha value is -0.480. The second-order valence-electron chi connectivity index (χ2n) is 4.87. The highest BCUT2D eigenvalue weighted by Gasteiger charge is 2.30. The van der Waals surface area contributed by atoms with Crippen molar-refractivity contribution in [2.24, 2.45) is 11.1 Å². The number of nitrogens with zero attached hydrogens (tertiary/aromatic N) is 1. The van der Waals surface area contributed by atoms with Crippen molar-refractivity contribution in [3.8, 4) is 0 Å². The Balaban J connectivity index is 2.74. The van der Waals surface area contributed by atoms with E-state index in [4.69, 9.17) is 5.73 Å². The van der Waals surface area contributed by atoms with Crippen LogP contribution in [0.5, 0.6) is 0 Å². The van der Waals surface area contributed by atoms with E-state index in [1.807, 2.05) is 6.20 Å². The first kappa shape index (κ1) is 12.6. The summed E-state index contributed by atoms with van der Waals surface area (Å²) in [4.78, 5) is 7.35. The number of H-pyrrole nitrogens is 1. The summed E-state index contributed by atoms with van der Waals surface area (Å²) in [5.41, 5.74) is 6.34. The molecule has 0 bridgehead atoms. The second kappa shape index (κ2) is 5.03. The van der Waals surface area contributed by atoms with E-state index in [1.54, 1.807) is 18.0 Å². The van der Waals surface area contributed by atoms with Crippen LogP contribution >= 0.6 is 11.8 Å². The zero-order valence-corrected chi connectivity index (χ0v) is 10.8. The lowest BCUT2D eigenvalue weighted by molar-refractivity contribution is 0.350. The van der Waals surface area contributed by atoms with E-state index in [-0.39, 0.29) is 11.5 Å². The molecule has 0 aliphatic rings. The predicted octanol–water partition coefficient (Wildman–Crippen LogP) is 2.65. The minimum absolute atomic E-state index is 0.187. The third-order valence-electron chi connectivity index (χ3n) is 2.43. The van der Waals surface area contributed by atoms with E-state index in [0.29, 0.717) is 5.25 Å². The molecule has 0 aromatic carbocycles. The quantitative estimate of drug-likeness (QED) is 0.778. The Bertz CT molecular complexity index is 277. The average Bonchev–Trinajstić information content (AvgIpc) is 2.63. The minimum Gasteiger partial charge on any atom is -0.340 e. The van der Waals surface area contributed by atoms with Gasteiger partial charge in [0.25, 0.3) is 0 Å². The molecule has 3 nitrogen and oxygen atoms in total. The Labute approximate surface area is 96.2 Å². The van der Waals surface area contributed by atoms with Gasteiger partial charge in [0, 0.05) is 23.7 Å². The van der Waals surface area contributed by atoms with E-state index < -0.39 is 0 Å². The predicted molar refractivity (Wildman–Crippen MR) is 66.0 cm³/mol. The average molecular weight is 227 g/mol. The van der Waals surface area contributed by atoms with Gasteiger partial charge in [-0.05, 0) is 11.8 Å². The Morgan fingerprint density at radius 1 is 1.53 bits per heavy atom. The number of hydrogen-bond acceptors (Lipinski definition) is 3. The molecule has 0 aliphatic carbocycles. The fourth-order valence-electron chi connectivity index (χ4n) is 1.56. The van der Waals surface area contributed by atoms with Gasteiger partial charge in [0.2, 0.25) is 0 Å². The summed E-state index contributed by atoms with van der Waals surface area (Å²) < 4.78 is 0. The summed E-state index contributed by atoms with van der Waals surface area (Å²) in [5, 5.41) is 1.34. The molecule has 0 amide bonds. The third kappa shape index (κ3) is 3.54. The summed E-state index contributed by atoms with van der Waals surface area (Å²) in [6.45, 7) is 8.81. The Morgan fingerprint density at radius 2 is 2.20 bits per heavy atom. The lowest BCUT2D eigenvalue weighted by Gasteiger charge is -2.33. The third-order valence-corrected chi connectivity index (χ3v) is 4.18. The molecular formula is C11H21N3S. The van der Waals surface area contributed by atoms with Gasteiger partial charge in [-0.25, -0.2) is 4.98 Å². The molecule has 0 saturated heterocycles. The van der Waals surface area contributed by atoms with Crippen LogP contribution < -0.4 is 5.73 Å². The molecule has 1 aromatic heterocycles. The molecule has 0 spiro atoms. The number of imidazole rings is 1. The molecule has 2 atom stereocenters. The van der Waals surface area contributed by atoms with Crippen molar-refractivity contribution in [2.75, 3.05) is 0 Å². The van der Waals surface area contributed by atoms with Crippen molar-refractivity contribution in [3.05, 3.63) is 12.4 Å². The van der Waals surface area contributed by atoms with Crippen molar-refractivity contribution in [2.45, 2.75) is 50.6 Å². The fourth-order valence-corrected chi connectivity index (χ4v) is 2.78. The Morgan fingerprint density at radius 3 is 2.60 bits per heavy atom. The molecule has 4 heteroatoms. The van der Waals surface area contributed by atoms with Gasteiger partial charge in [-0.2, -0.15) is 0 Å². The van der Waals surface area contributed by atoms with E-state index in [2.05, 4.69) is 37.7 Å². The van der Waals surface area contributed by atoms with Gasteiger partial charge in [-0.3, -0.25) is 0 Å². The van der Waals surface area contributed by atoms with Crippen LogP contribution in [0.3, 0.4) is 0 Å². The Kier molecular flexibility index (Phi) is 4.22. The molecule has 1 heterocycles. The molecule has 3 N–H and O–H groups in total. The van der Waals surface area contributed by atoms with Gasteiger partial charge >= 0.3 is 0 Å². The van der Waals surface area contributed by atoms with Crippen LogP contribution in [0.4, 0.5) is 0 Å². The van der Waals surface area contributed by atoms with Crippen LogP contribution in [0.1, 0.15) is 34.1 Å². The van der Waals surface area contributed by atoms with Crippen LogP contribution in [0, 0.1) is 5.41 Å². The molecule has 86 valence electrons. The SMILES string of the molecule is CCC(N)C(Sc1ncc[nH]1)C(C)(C)C. The van der Waals surface area contributed by atoms with Crippen LogP contribution in [0.15, 0.2) is 17.6 Å². The molecule has 15 heavy (non-hydrogen) atoms. The maximum absolute atomic E-state index is 6.16. The summed E-state index contributed by atoms with van der Waals surface area (Å²) >= 11 is 1.74. The summed E-state index contributed by atoms with van der Waals surface area (Å²) in [6, 6.07) is 0.208. The molecular weight excluding hydrogens is 206 g/mol. The molecule has 0 fully saturated rings. The summed E-state index contributed by atoms with van der Waals surface area (Å²) in [6.07, 6.45) is 4.62. The number of hydrogen-bond donors (Lipinski definition) is 2. The minimum atomic E-state index is 0.187. The van der Waals surface area contributed by atoms with E-state index in [0.717, 1.165) is 11.6 Å². The van der Waals surface area contributed by atoms with Crippen LogP contribution in [0.25, 0.3) is 0 Å². The molecule has 1 rings (SSSR count). The zero-order chi connectivity index (χ0) is 11.5. The zero-order valence-electron chi connectivity index (χ0n) is 9.95.